The molecule has 0 spiro atoms. The predicted molar refractivity (Wildman–Crippen MR) is 67.7 cm³/mol. The van der Waals surface area contributed by atoms with Crippen molar-refractivity contribution in [3.05, 3.63) is 35.6 Å². The molecule has 0 bridgehead atoms. The maximum Gasteiger partial charge on any atom is 0.176 e. The molecule has 0 unspecified atom stereocenters. The molecule has 17 heavy (non-hydrogen) atoms. The van der Waals surface area contributed by atoms with Gasteiger partial charge in [-0.15, -0.1) is 0 Å². The molecule has 0 aliphatic heterocycles. The van der Waals surface area contributed by atoms with Crippen molar-refractivity contribution in [1.82, 2.24) is 4.90 Å². The van der Waals surface area contributed by atoms with E-state index in [-0.39, 0.29) is 11.6 Å². The molecule has 0 heterocycles. The summed E-state index contributed by atoms with van der Waals surface area (Å²) in [5, 5.41) is 0. The van der Waals surface area contributed by atoms with E-state index in [0.29, 0.717) is 18.0 Å². The Morgan fingerprint density at radius 2 is 1.88 bits per heavy atom. The summed E-state index contributed by atoms with van der Waals surface area (Å²) in [5.74, 6) is 0.365. The maximum atomic E-state index is 12.7. The third kappa shape index (κ3) is 5.09. The van der Waals surface area contributed by atoms with E-state index >= 15 is 0 Å². The van der Waals surface area contributed by atoms with Crippen LogP contribution in [-0.4, -0.2) is 30.8 Å². The summed E-state index contributed by atoms with van der Waals surface area (Å²) in [6, 6.07) is 5.71. The lowest BCUT2D eigenvalue weighted by molar-refractivity contribution is 0.0944. The van der Waals surface area contributed by atoms with Gasteiger partial charge in [0.1, 0.15) is 5.82 Å². The quantitative estimate of drug-likeness (QED) is 0.709. The number of rotatable bonds is 6. The summed E-state index contributed by atoms with van der Waals surface area (Å²) in [6.45, 7) is 5.62. The van der Waals surface area contributed by atoms with Gasteiger partial charge in [0, 0.05) is 5.56 Å². The minimum absolute atomic E-state index is 0.0382. The van der Waals surface area contributed by atoms with Crippen LogP contribution in [0.3, 0.4) is 0 Å². The van der Waals surface area contributed by atoms with E-state index in [9.17, 15) is 9.18 Å². The molecule has 0 aliphatic rings. The van der Waals surface area contributed by atoms with E-state index in [0.717, 1.165) is 13.0 Å². The van der Waals surface area contributed by atoms with Gasteiger partial charge in [-0.3, -0.25) is 9.69 Å². The minimum Gasteiger partial charge on any atom is -0.299 e. The monoisotopic (exact) mass is 237 g/mol. The summed E-state index contributed by atoms with van der Waals surface area (Å²) in [5.41, 5.74) is 0.572. The first-order valence-electron chi connectivity index (χ1n) is 5.96. The Bertz CT molecular complexity index is 359. The molecule has 1 aromatic carbocycles. The van der Waals surface area contributed by atoms with Gasteiger partial charge in [-0.05, 0) is 50.2 Å². The van der Waals surface area contributed by atoms with Gasteiger partial charge in [0.15, 0.2) is 5.78 Å². The van der Waals surface area contributed by atoms with Crippen molar-refractivity contribution in [2.45, 2.75) is 20.3 Å². The smallest absolute Gasteiger partial charge is 0.176 e. The first-order chi connectivity index (χ1) is 7.99. The van der Waals surface area contributed by atoms with Gasteiger partial charge >= 0.3 is 0 Å². The van der Waals surface area contributed by atoms with E-state index in [4.69, 9.17) is 0 Å². The Labute approximate surface area is 102 Å². The van der Waals surface area contributed by atoms with Crippen molar-refractivity contribution in [2.24, 2.45) is 5.92 Å². The molecule has 0 saturated heterocycles. The normalized spacial score (nSPS) is 11.2. The average molecular weight is 237 g/mol. The number of ketones is 1. The third-order valence-corrected chi connectivity index (χ3v) is 2.67. The third-order valence-electron chi connectivity index (χ3n) is 2.67. The molecule has 1 rings (SSSR count). The molecule has 0 aromatic heterocycles. The Morgan fingerprint density at radius 3 is 2.41 bits per heavy atom. The Balaban J connectivity index is 2.46. The first-order valence-corrected chi connectivity index (χ1v) is 5.96. The van der Waals surface area contributed by atoms with Crippen LogP contribution in [0.25, 0.3) is 0 Å². The lowest BCUT2D eigenvalue weighted by Crippen LogP contribution is -2.27. The highest BCUT2D eigenvalue weighted by Gasteiger charge is 2.09. The van der Waals surface area contributed by atoms with Crippen LogP contribution >= 0.6 is 0 Å². The lowest BCUT2D eigenvalue weighted by atomic mass is 10.1. The minimum atomic E-state index is -0.310. The number of carbonyl (C=O) groups is 1. The zero-order valence-electron chi connectivity index (χ0n) is 10.7. The number of likely N-dealkylation sites (N-methyl/N-ethyl adjacent to an activating group) is 1. The van der Waals surface area contributed by atoms with Crippen LogP contribution < -0.4 is 0 Å². The van der Waals surface area contributed by atoms with Crippen LogP contribution in [0.2, 0.25) is 0 Å². The Kier molecular flexibility index (Phi) is 5.29. The molecule has 2 nitrogen and oxygen atoms in total. The van der Waals surface area contributed by atoms with Crippen molar-refractivity contribution >= 4 is 5.78 Å². The number of halogens is 1. The van der Waals surface area contributed by atoms with Crippen molar-refractivity contribution in [3.63, 3.8) is 0 Å². The van der Waals surface area contributed by atoms with Gasteiger partial charge in [0.25, 0.3) is 0 Å². The highest BCUT2D eigenvalue weighted by Crippen LogP contribution is 2.06. The number of Topliss-reactive ketones (excluding diaryl/α,β-unsaturated/α-hetero) is 1. The lowest BCUT2D eigenvalue weighted by Gasteiger charge is -2.16. The van der Waals surface area contributed by atoms with E-state index in [1.165, 1.54) is 24.3 Å². The van der Waals surface area contributed by atoms with Gasteiger partial charge in [-0.2, -0.15) is 0 Å². The van der Waals surface area contributed by atoms with Crippen LogP contribution in [-0.2, 0) is 0 Å². The SMILES string of the molecule is CC(C)CCN(C)CC(=O)c1ccc(F)cc1. The largest absolute Gasteiger partial charge is 0.299 e. The standard InChI is InChI=1S/C14H20FNO/c1-11(2)8-9-16(3)10-14(17)12-4-6-13(15)7-5-12/h4-7,11H,8-10H2,1-3H3. The van der Waals surface area contributed by atoms with E-state index in [2.05, 4.69) is 13.8 Å². The first kappa shape index (κ1) is 13.8. The number of hydrogen-bond acceptors (Lipinski definition) is 2. The summed E-state index contributed by atoms with van der Waals surface area (Å²) >= 11 is 0. The van der Waals surface area contributed by atoms with Gasteiger partial charge in [0.05, 0.1) is 6.54 Å². The fourth-order valence-electron chi connectivity index (χ4n) is 1.53. The molecule has 0 saturated carbocycles. The van der Waals surface area contributed by atoms with Crippen molar-refractivity contribution < 1.29 is 9.18 Å². The van der Waals surface area contributed by atoms with Gasteiger partial charge < -0.3 is 0 Å². The molecule has 0 fully saturated rings. The fourth-order valence-corrected chi connectivity index (χ4v) is 1.53. The second-order valence-electron chi connectivity index (χ2n) is 4.85. The van der Waals surface area contributed by atoms with E-state index in [1.807, 2.05) is 11.9 Å². The molecule has 3 heteroatoms. The molecule has 0 aliphatic carbocycles. The molecular weight excluding hydrogens is 217 g/mol. The molecular formula is C14H20FNO. The number of hydrogen-bond donors (Lipinski definition) is 0. The number of nitrogens with zero attached hydrogens (tertiary/aromatic N) is 1. The van der Waals surface area contributed by atoms with Crippen LogP contribution in [0.1, 0.15) is 30.6 Å². The zero-order valence-corrected chi connectivity index (χ0v) is 10.7. The van der Waals surface area contributed by atoms with Gasteiger partial charge in [-0.25, -0.2) is 4.39 Å². The molecule has 0 radical (unpaired) electrons. The number of benzene rings is 1. The van der Waals surface area contributed by atoms with Crippen LogP contribution in [0.4, 0.5) is 4.39 Å². The average Bonchev–Trinajstić information content (AvgIpc) is 2.27. The summed E-state index contributed by atoms with van der Waals surface area (Å²) in [4.78, 5) is 13.9. The van der Waals surface area contributed by atoms with Crippen molar-refractivity contribution in [2.75, 3.05) is 20.1 Å². The van der Waals surface area contributed by atoms with E-state index in [1.54, 1.807) is 0 Å². The predicted octanol–water partition coefficient (Wildman–Crippen LogP) is 2.99. The van der Waals surface area contributed by atoms with Gasteiger partial charge in [-0.1, -0.05) is 13.8 Å². The van der Waals surface area contributed by atoms with Crippen LogP contribution in [0, 0.1) is 11.7 Å². The Morgan fingerprint density at radius 1 is 1.29 bits per heavy atom. The van der Waals surface area contributed by atoms with Crippen LogP contribution in [0.15, 0.2) is 24.3 Å². The van der Waals surface area contributed by atoms with Gasteiger partial charge in [0.2, 0.25) is 0 Å². The molecule has 0 N–H and O–H groups in total. The number of carbonyl (C=O) groups excluding carboxylic acids is 1. The van der Waals surface area contributed by atoms with Crippen LogP contribution in [0.5, 0.6) is 0 Å². The zero-order chi connectivity index (χ0) is 12.8. The van der Waals surface area contributed by atoms with Crippen molar-refractivity contribution in [3.8, 4) is 0 Å². The summed E-state index contributed by atoms with van der Waals surface area (Å²) in [6.07, 6.45) is 1.08. The molecule has 0 amide bonds. The topological polar surface area (TPSA) is 20.3 Å². The second kappa shape index (κ2) is 6.50. The highest BCUT2D eigenvalue weighted by molar-refractivity contribution is 5.97. The summed E-state index contributed by atoms with van der Waals surface area (Å²) in [7, 11) is 1.93. The molecule has 0 atom stereocenters. The van der Waals surface area contributed by atoms with Crippen molar-refractivity contribution in [1.29, 1.82) is 0 Å². The van der Waals surface area contributed by atoms with E-state index < -0.39 is 0 Å². The second-order valence-corrected chi connectivity index (χ2v) is 4.85. The fraction of sp³-hybridized carbons (Fsp3) is 0.500. The molecule has 94 valence electrons. The Hall–Kier alpha value is -1.22. The maximum absolute atomic E-state index is 12.7. The summed E-state index contributed by atoms with van der Waals surface area (Å²) < 4.78 is 12.7. The highest BCUT2D eigenvalue weighted by atomic mass is 19.1. The molecule has 1 aromatic rings.